The number of methoxy groups -OCH3 is 1. The van der Waals surface area contributed by atoms with Gasteiger partial charge >= 0.3 is 0 Å². The molecule has 6 nitrogen and oxygen atoms in total. The highest BCUT2D eigenvalue weighted by atomic mass is 16.5. The molecule has 0 bridgehead atoms. The summed E-state index contributed by atoms with van der Waals surface area (Å²) in [4.78, 5) is 15.3. The van der Waals surface area contributed by atoms with E-state index in [4.69, 9.17) is 9.47 Å². The lowest BCUT2D eigenvalue weighted by atomic mass is 9.88. The van der Waals surface area contributed by atoms with Gasteiger partial charge in [0.1, 0.15) is 5.75 Å². The number of likely N-dealkylation sites (tertiary alicyclic amines) is 1. The molecule has 0 aromatic heterocycles. The summed E-state index contributed by atoms with van der Waals surface area (Å²) in [6, 6.07) is 17.4. The summed E-state index contributed by atoms with van der Waals surface area (Å²) in [5.41, 5.74) is 3.74. The van der Waals surface area contributed by atoms with Crippen LogP contribution in [0, 0.1) is 5.92 Å². The molecule has 33 heavy (non-hydrogen) atoms. The van der Waals surface area contributed by atoms with Gasteiger partial charge in [0.05, 0.1) is 13.0 Å². The van der Waals surface area contributed by atoms with Crippen LogP contribution in [0.1, 0.15) is 35.4 Å². The summed E-state index contributed by atoms with van der Waals surface area (Å²) >= 11 is 0. The van der Waals surface area contributed by atoms with E-state index in [1.165, 1.54) is 16.7 Å². The minimum atomic E-state index is -0.0166. The summed E-state index contributed by atoms with van der Waals surface area (Å²) in [7, 11) is 3.77. The number of carbonyl (C=O) groups excluding carboxylic acids is 1. The first-order valence-electron chi connectivity index (χ1n) is 12.1. The zero-order valence-electron chi connectivity index (χ0n) is 19.9. The van der Waals surface area contributed by atoms with Gasteiger partial charge in [-0.05, 0) is 55.1 Å². The van der Waals surface area contributed by atoms with E-state index in [1.807, 2.05) is 12.1 Å². The van der Waals surface area contributed by atoms with Gasteiger partial charge in [-0.3, -0.25) is 4.79 Å². The Morgan fingerprint density at radius 3 is 2.42 bits per heavy atom. The molecule has 0 radical (unpaired) electrons. The highest BCUT2D eigenvalue weighted by molar-refractivity contribution is 5.80. The number of carbonyl (C=O) groups is 1. The van der Waals surface area contributed by atoms with Gasteiger partial charge in [-0.25, -0.2) is 0 Å². The molecule has 178 valence electrons. The van der Waals surface area contributed by atoms with Crippen LogP contribution in [0.4, 0.5) is 0 Å². The second-order valence-electron chi connectivity index (χ2n) is 9.33. The number of nitrogens with zero attached hydrogens (tertiary/aromatic N) is 1. The summed E-state index contributed by atoms with van der Waals surface area (Å²) < 4.78 is 10.6. The molecule has 2 aliphatic heterocycles. The summed E-state index contributed by atoms with van der Waals surface area (Å²) in [6.07, 6.45) is 2.99. The third-order valence-electron chi connectivity index (χ3n) is 6.94. The largest absolute Gasteiger partial charge is 0.497 e. The van der Waals surface area contributed by atoms with Crippen molar-refractivity contribution in [3.05, 3.63) is 65.2 Å². The average Bonchev–Trinajstić information content (AvgIpc) is 3.26. The first-order valence-corrected chi connectivity index (χ1v) is 12.1. The van der Waals surface area contributed by atoms with Crippen LogP contribution < -0.4 is 15.4 Å². The summed E-state index contributed by atoms with van der Waals surface area (Å²) in [5.74, 6) is 1.22. The van der Waals surface area contributed by atoms with Crippen molar-refractivity contribution < 1.29 is 14.3 Å². The van der Waals surface area contributed by atoms with Crippen molar-refractivity contribution in [3.8, 4) is 5.75 Å². The van der Waals surface area contributed by atoms with Crippen molar-refractivity contribution in [1.82, 2.24) is 15.5 Å². The number of rotatable bonds is 9. The van der Waals surface area contributed by atoms with E-state index in [0.29, 0.717) is 12.6 Å². The van der Waals surface area contributed by atoms with Gasteiger partial charge in [0.15, 0.2) is 0 Å². The fraction of sp³-hybridized carbons (Fsp3) is 0.519. The lowest BCUT2D eigenvalue weighted by Crippen LogP contribution is -2.35. The first kappa shape index (κ1) is 23.7. The van der Waals surface area contributed by atoms with Gasteiger partial charge in [-0.1, -0.05) is 36.4 Å². The third-order valence-corrected chi connectivity index (χ3v) is 6.94. The fourth-order valence-corrected chi connectivity index (χ4v) is 4.90. The van der Waals surface area contributed by atoms with Crippen molar-refractivity contribution >= 4 is 5.91 Å². The maximum atomic E-state index is 13.0. The molecule has 2 saturated heterocycles. The molecule has 1 amide bonds. The Balaban J connectivity index is 1.29. The highest BCUT2D eigenvalue weighted by Crippen LogP contribution is 2.32. The number of nitrogens with one attached hydrogen (secondary N) is 2. The van der Waals surface area contributed by atoms with Crippen LogP contribution in [-0.2, 0) is 22.5 Å². The molecule has 2 fully saturated rings. The molecular formula is C27H37N3O3. The predicted octanol–water partition coefficient (Wildman–Crippen LogP) is 2.97. The van der Waals surface area contributed by atoms with Crippen LogP contribution in [0.5, 0.6) is 5.75 Å². The second kappa shape index (κ2) is 11.6. The summed E-state index contributed by atoms with van der Waals surface area (Å²) in [6.45, 7) is 4.95. The van der Waals surface area contributed by atoms with Gasteiger partial charge < -0.3 is 25.0 Å². The Morgan fingerprint density at radius 2 is 1.73 bits per heavy atom. The molecule has 2 aromatic rings. The van der Waals surface area contributed by atoms with E-state index in [-0.39, 0.29) is 17.7 Å². The van der Waals surface area contributed by atoms with Crippen LogP contribution in [0.3, 0.4) is 0 Å². The standard InChI is InChI=1S/C27H37N3O3/c1-30-18-25(22-7-3-21(4-8-22)17-29-23-12-15-33-16-13-23)26(19-30)27(31)28-14-11-20-5-9-24(32-2)10-6-20/h3-10,23,25-26,29H,11-19H2,1-2H3,(H,28,31)/t25-,26-/m0/s1. The molecule has 2 aromatic carbocycles. The first-order chi connectivity index (χ1) is 16.1. The Bertz CT molecular complexity index is 878. The van der Waals surface area contributed by atoms with Gasteiger partial charge in [0, 0.05) is 51.4 Å². The Morgan fingerprint density at radius 1 is 1.03 bits per heavy atom. The Labute approximate surface area is 197 Å². The quantitative estimate of drug-likeness (QED) is 0.614. The Hall–Kier alpha value is -2.41. The van der Waals surface area contributed by atoms with E-state index in [9.17, 15) is 4.79 Å². The summed E-state index contributed by atoms with van der Waals surface area (Å²) in [5, 5.41) is 6.82. The number of ether oxygens (including phenoxy) is 2. The molecule has 2 N–H and O–H groups in total. The normalized spacial score (nSPS) is 21.8. The Kier molecular flexibility index (Phi) is 8.37. The van der Waals surface area contributed by atoms with E-state index in [2.05, 4.69) is 59.0 Å². The maximum absolute atomic E-state index is 13.0. The molecule has 0 spiro atoms. The van der Waals surface area contributed by atoms with Crippen LogP contribution >= 0.6 is 0 Å². The molecule has 0 unspecified atom stereocenters. The van der Waals surface area contributed by atoms with Crippen molar-refractivity contribution in [2.24, 2.45) is 5.92 Å². The molecule has 2 atom stereocenters. The SMILES string of the molecule is COc1ccc(CCNC(=O)[C@H]2CN(C)C[C@H]2c2ccc(CNC3CCOCC3)cc2)cc1. The molecule has 0 aliphatic carbocycles. The fourth-order valence-electron chi connectivity index (χ4n) is 4.90. The van der Waals surface area contributed by atoms with Crippen molar-refractivity contribution in [2.75, 3.05) is 47.0 Å². The van der Waals surface area contributed by atoms with Crippen LogP contribution in [0.25, 0.3) is 0 Å². The molecular weight excluding hydrogens is 414 g/mol. The number of likely N-dealkylation sites (N-methyl/N-ethyl adjacent to an activating group) is 1. The lowest BCUT2D eigenvalue weighted by Gasteiger charge is -2.23. The number of amides is 1. The van der Waals surface area contributed by atoms with Crippen LogP contribution in [0.2, 0.25) is 0 Å². The van der Waals surface area contributed by atoms with E-state index in [1.54, 1.807) is 7.11 Å². The molecule has 0 saturated carbocycles. The third kappa shape index (κ3) is 6.56. The van der Waals surface area contributed by atoms with Gasteiger partial charge in [0.25, 0.3) is 0 Å². The van der Waals surface area contributed by atoms with Crippen molar-refractivity contribution in [1.29, 1.82) is 0 Å². The van der Waals surface area contributed by atoms with E-state index < -0.39 is 0 Å². The zero-order valence-corrected chi connectivity index (χ0v) is 19.9. The number of benzene rings is 2. The minimum Gasteiger partial charge on any atom is -0.497 e. The molecule has 2 aliphatic rings. The van der Waals surface area contributed by atoms with Gasteiger partial charge in [0.2, 0.25) is 5.91 Å². The maximum Gasteiger partial charge on any atom is 0.225 e. The van der Waals surface area contributed by atoms with E-state index >= 15 is 0 Å². The van der Waals surface area contributed by atoms with Crippen molar-refractivity contribution in [3.63, 3.8) is 0 Å². The predicted molar refractivity (Wildman–Crippen MR) is 131 cm³/mol. The van der Waals surface area contributed by atoms with Gasteiger partial charge in [-0.15, -0.1) is 0 Å². The lowest BCUT2D eigenvalue weighted by molar-refractivity contribution is -0.124. The zero-order chi connectivity index (χ0) is 23.0. The number of hydrogen-bond donors (Lipinski definition) is 2. The average molecular weight is 452 g/mol. The highest BCUT2D eigenvalue weighted by Gasteiger charge is 2.36. The monoisotopic (exact) mass is 451 g/mol. The number of hydrogen-bond acceptors (Lipinski definition) is 5. The molecule has 2 heterocycles. The topological polar surface area (TPSA) is 62.8 Å². The van der Waals surface area contributed by atoms with E-state index in [0.717, 1.165) is 57.9 Å². The minimum absolute atomic E-state index is 0.0166. The smallest absolute Gasteiger partial charge is 0.225 e. The second-order valence-corrected chi connectivity index (χ2v) is 9.33. The molecule has 6 heteroatoms. The van der Waals surface area contributed by atoms with Gasteiger partial charge in [-0.2, -0.15) is 0 Å². The van der Waals surface area contributed by atoms with Crippen LogP contribution in [0.15, 0.2) is 48.5 Å². The van der Waals surface area contributed by atoms with Crippen LogP contribution in [-0.4, -0.2) is 63.9 Å². The molecule has 4 rings (SSSR count). The van der Waals surface area contributed by atoms with Crippen molar-refractivity contribution in [2.45, 2.75) is 37.8 Å².